The van der Waals surface area contributed by atoms with Crippen molar-refractivity contribution in [3.05, 3.63) is 30.3 Å². The lowest BCUT2D eigenvalue weighted by atomic mass is 10.3. The molecule has 2 rings (SSSR count). The zero-order chi connectivity index (χ0) is 19.2. The summed E-state index contributed by atoms with van der Waals surface area (Å²) >= 11 is 0. The van der Waals surface area contributed by atoms with Crippen molar-refractivity contribution in [1.29, 1.82) is 0 Å². The lowest BCUT2D eigenvalue weighted by Gasteiger charge is -2.12. The number of para-hydroxylation sites is 1. The lowest BCUT2D eigenvalue weighted by molar-refractivity contribution is 0.256. The van der Waals surface area contributed by atoms with E-state index in [9.17, 15) is 13.2 Å². The fourth-order valence-electron chi connectivity index (χ4n) is 1.92. The maximum absolute atomic E-state index is 12.4. The summed E-state index contributed by atoms with van der Waals surface area (Å²) in [4.78, 5) is 19.7. The van der Waals surface area contributed by atoms with E-state index >= 15 is 0 Å². The second-order valence-corrected chi connectivity index (χ2v) is 6.37. The van der Waals surface area contributed by atoms with Crippen molar-refractivity contribution in [1.82, 2.24) is 14.7 Å². The number of methoxy groups -OCH3 is 2. The van der Waals surface area contributed by atoms with Crippen LogP contribution in [0.3, 0.4) is 0 Å². The van der Waals surface area contributed by atoms with Crippen LogP contribution < -0.4 is 24.2 Å². The normalized spacial score (nSPS) is 10.7. The molecule has 11 heteroatoms. The molecule has 0 aliphatic carbocycles. The molecule has 2 amide bonds. The van der Waals surface area contributed by atoms with Crippen LogP contribution in [0.2, 0.25) is 0 Å². The van der Waals surface area contributed by atoms with Crippen LogP contribution in [0.25, 0.3) is 0 Å². The molecule has 140 valence electrons. The smallest absolute Gasteiger partial charge is 0.335 e. The average molecular weight is 382 g/mol. The lowest BCUT2D eigenvalue weighted by Crippen LogP contribution is -2.35. The number of sulfonamides is 1. The summed E-state index contributed by atoms with van der Waals surface area (Å²) in [5, 5.41) is 2.22. The van der Waals surface area contributed by atoms with Gasteiger partial charge in [-0.15, -0.1) is 0 Å². The number of hydrogen-bond acceptors (Lipinski definition) is 8. The third-order valence-corrected chi connectivity index (χ3v) is 4.36. The van der Waals surface area contributed by atoms with Crippen LogP contribution in [0.5, 0.6) is 17.5 Å². The van der Waals surface area contributed by atoms with Gasteiger partial charge in [0.25, 0.3) is 10.0 Å². The van der Waals surface area contributed by atoms with Gasteiger partial charge in [-0.05, 0) is 19.1 Å². The number of hydrogen-bond donors (Lipinski definition) is 2. The van der Waals surface area contributed by atoms with Crippen LogP contribution in [0, 0.1) is 0 Å². The van der Waals surface area contributed by atoms with Gasteiger partial charge in [0, 0.05) is 0 Å². The van der Waals surface area contributed by atoms with Crippen LogP contribution in [0.4, 0.5) is 10.7 Å². The number of nitrogens with zero attached hydrogens (tertiary/aromatic N) is 2. The zero-order valence-electron chi connectivity index (χ0n) is 14.3. The Morgan fingerprint density at radius 1 is 1.12 bits per heavy atom. The van der Waals surface area contributed by atoms with Gasteiger partial charge < -0.3 is 14.2 Å². The first kappa shape index (κ1) is 19.2. The van der Waals surface area contributed by atoms with Crippen LogP contribution in [0.15, 0.2) is 35.2 Å². The third kappa shape index (κ3) is 4.72. The molecule has 10 nitrogen and oxygen atoms in total. The minimum atomic E-state index is -4.17. The standard InChI is InChI=1S/C15H18N4O6S/c1-4-25-10-7-5-6-8-11(10)26(21,22)19-15(20)18-14-16-12(23-2)9-13(17-14)24-3/h5-9H,4H2,1-3H3,(H2,16,17,18,19,20). The van der Waals surface area contributed by atoms with Gasteiger partial charge in [0.15, 0.2) is 0 Å². The van der Waals surface area contributed by atoms with E-state index in [1.165, 1.54) is 38.5 Å². The van der Waals surface area contributed by atoms with Crippen molar-refractivity contribution in [2.45, 2.75) is 11.8 Å². The van der Waals surface area contributed by atoms with Crippen LogP contribution in [0.1, 0.15) is 6.92 Å². The van der Waals surface area contributed by atoms with Crippen LogP contribution in [-0.2, 0) is 10.0 Å². The predicted molar refractivity (Wildman–Crippen MR) is 92.1 cm³/mol. The fraction of sp³-hybridized carbons (Fsp3) is 0.267. The number of urea groups is 1. The van der Waals surface area contributed by atoms with Crippen molar-refractivity contribution in [3.63, 3.8) is 0 Å². The van der Waals surface area contributed by atoms with E-state index in [0.717, 1.165) is 0 Å². The first-order valence-corrected chi connectivity index (χ1v) is 8.90. The molecule has 0 aliphatic heterocycles. The Kier molecular flexibility index (Phi) is 6.17. The minimum absolute atomic E-state index is 0.134. The van der Waals surface area contributed by atoms with Crippen molar-refractivity contribution in [2.75, 3.05) is 26.1 Å². The molecule has 1 heterocycles. The second-order valence-electron chi connectivity index (χ2n) is 4.72. The molecule has 2 N–H and O–H groups in total. The molecule has 0 saturated carbocycles. The second kappa shape index (κ2) is 8.34. The molecule has 0 fully saturated rings. The summed E-state index contributed by atoms with van der Waals surface area (Å²) in [6.45, 7) is 1.99. The first-order valence-electron chi connectivity index (χ1n) is 7.42. The Morgan fingerprint density at radius 3 is 2.31 bits per heavy atom. The highest BCUT2D eigenvalue weighted by molar-refractivity contribution is 7.90. The maximum atomic E-state index is 12.4. The van der Waals surface area contributed by atoms with Gasteiger partial charge in [0.05, 0.1) is 26.9 Å². The van der Waals surface area contributed by atoms with Gasteiger partial charge in [-0.25, -0.2) is 17.9 Å². The number of amides is 2. The number of anilines is 1. The highest BCUT2D eigenvalue weighted by Gasteiger charge is 2.22. The highest BCUT2D eigenvalue weighted by Crippen LogP contribution is 2.23. The van der Waals surface area contributed by atoms with Gasteiger partial charge in [0.1, 0.15) is 10.6 Å². The number of benzene rings is 1. The molecule has 0 spiro atoms. The summed E-state index contributed by atoms with van der Waals surface area (Å²) in [5.74, 6) is 0.218. The number of ether oxygens (including phenoxy) is 3. The Morgan fingerprint density at radius 2 is 1.73 bits per heavy atom. The topological polar surface area (TPSA) is 129 Å². The number of nitrogens with one attached hydrogen (secondary N) is 2. The van der Waals surface area contributed by atoms with Gasteiger partial charge in [-0.1, -0.05) is 12.1 Å². The molecule has 0 aliphatic rings. The summed E-state index contributed by atoms with van der Waals surface area (Å²) in [6.07, 6.45) is 0. The van der Waals surface area contributed by atoms with Gasteiger partial charge >= 0.3 is 6.03 Å². The Bertz CT molecular complexity index is 865. The van der Waals surface area contributed by atoms with Gasteiger partial charge in [-0.2, -0.15) is 9.97 Å². The molecule has 0 unspecified atom stereocenters. The molecule has 0 radical (unpaired) electrons. The van der Waals surface area contributed by atoms with Crippen LogP contribution in [-0.4, -0.2) is 45.2 Å². The molecule has 1 aromatic carbocycles. The molecule has 2 aromatic rings. The predicted octanol–water partition coefficient (Wildman–Crippen LogP) is 1.40. The van der Waals surface area contributed by atoms with Crippen LogP contribution >= 0.6 is 0 Å². The van der Waals surface area contributed by atoms with Crippen molar-refractivity contribution in [3.8, 4) is 17.5 Å². The summed E-state index contributed by atoms with van der Waals surface area (Å²) in [5.41, 5.74) is 0. The first-order chi connectivity index (χ1) is 12.4. The Hall–Kier alpha value is -3.08. The van der Waals surface area contributed by atoms with Crippen molar-refractivity contribution >= 4 is 22.0 Å². The van der Waals surface area contributed by atoms with E-state index in [1.807, 2.05) is 4.72 Å². The quantitative estimate of drug-likeness (QED) is 0.735. The van der Waals surface area contributed by atoms with E-state index in [1.54, 1.807) is 13.0 Å². The van der Waals surface area contributed by atoms with E-state index in [4.69, 9.17) is 14.2 Å². The molecule has 0 atom stereocenters. The molecular weight excluding hydrogens is 364 g/mol. The van der Waals surface area contributed by atoms with Crippen molar-refractivity contribution in [2.24, 2.45) is 0 Å². The summed E-state index contributed by atoms with van der Waals surface area (Å²) in [7, 11) is -1.42. The Labute approximate surface area is 150 Å². The van der Waals surface area contributed by atoms with Gasteiger partial charge in [0.2, 0.25) is 17.7 Å². The minimum Gasteiger partial charge on any atom is -0.492 e. The van der Waals surface area contributed by atoms with E-state index < -0.39 is 16.1 Å². The molecule has 26 heavy (non-hydrogen) atoms. The summed E-state index contributed by atoms with van der Waals surface area (Å²) < 4.78 is 41.9. The molecular formula is C15H18N4O6S. The summed E-state index contributed by atoms with van der Waals surface area (Å²) in [6, 6.07) is 6.31. The number of aromatic nitrogens is 2. The maximum Gasteiger partial charge on any atom is 0.335 e. The average Bonchev–Trinajstić information content (AvgIpc) is 2.61. The highest BCUT2D eigenvalue weighted by atomic mass is 32.2. The number of carbonyl (C=O) groups excluding carboxylic acids is 1. The number of carbonyl (C=O) groups is 1. The Balaban J connectivity index is 2.19. The molecule has 0 saturated heterocycles. The monoisotopic (exact) mass is 382 g/mol. The SMILES string of the molecule is CCOc1ccccc1S(=O)(=O)NC(=O)Nc1nc(OC)cc(OC)n1. The molecule has 1 aromatic heterocycles. The number of rotatable bonds is 7. The zero-order valence-corrected chi connectivity index (χ0v) is 15.2. The van der Waals surface area contributed by atoms with Crippen molar-refractivity contribution < 1.29 is 27.4 Å². The third-order valence-electron chi connectivity index (χ3n) is 2.99. The fourth-order valence-corrected chi connectivity index (χ4v) is 2.97. The van der Waals surface area contributed by atoms with E-state index in [0.29, 0.717) is 0 Å². The van der Waals surface area contributed by atoms with Gasteiger partial charge in [-0.3, -0.25) is 5.32 Å². The largest absolute Gasteiger partial charge is 0.492 e. The molecule has 0 bridgehead atoms. The van der Waals surface area contributed by atoms with E-state index in [2.05, 4.69) is 15.3 Å². The van der Waals surface area contributed by atoms with E-state index in [-0.39, 0.29) is 35.0 Å².